The molecule has 0 aliphatic carbocycles. The second-order valence-corrected chi connectivity index (χ2v) is 12.8. The predicted molar refractivity (Wildman–Crippen MR) is 185 cm³/mol. The Kier molecular flexibility index (Phi) is 14.2. The number of aliphatic carboxylic acids is 1. The molecule has 48 heavy (non-hydrogen) atoms. The molecule has 11 heteroatoms. The molecule has 3 aromatic carbocycles. The van der Waals surface area contributed by atoms with Crippen LogP contribution in [0.1, 0.15) is 32.8 Å². The number of carboxylic acids is 1. The number of hydrogen-bond acceptors (Lipinski definition) is 6. The van der Waals surface area contributed by atoms with Crippen LogP contribution in [0.25, 0.3) is 11.1 Å². The smallest absolute Gasteiger partial charge is 0.475 e. The molecule has 1 aliphatic heterocycles. The summed E-state index contributed by atoms with van der Waals surface area (Å²) in [5.41, 5.74) is 6.20. The zero-order valence-electron chi connectivity index (χ0n) is 27.2. The van der Waals surface area contributed by atoms with Gasteiger partial charge in [0.2, 0.25) is 0 Å². The molecule has 2 heterocycles. The zero-order chi connectivity index (χ0) is 34.4. The molecule has 0 saturated carbocycles. The highest BCUT2D eigenvalue weighted by Crippen LogP contribution is 2.23. The number of halogens is 3. The Morgan fingerprint density at radius 1 is 0.854 bits per heavy atom. The van der Waals surface area contributed by atoms with Gasteiger partial charge in [-0.15, -0.1) is 11.3 Å². The quantitative estimate of drug-likeness (QED) is 0.154. The number of piperazine rings is 1. The third kappa shape index (κ3) is 12.2. The van der Waals surface area contributed by atoms with Crippen LogP contribution in [0.4, 0.5) is 13.2 Å². The van der Waals surface area contributed by atoms with Gasteiger partial charge in [0, 0.05) is 45.8 Å². The molecule has 1 fully saturated rings. The average Bonchev–Trinajstić information content (AvgIpc) is 3.63. The Bertz CT molecular complexity index is 1540. The van der Waals surface area contributed by atoms with Gasteiger partial charge in [-0.25, -0.2) is 4.79 Å². The van der Waals surface area contributed by atoms with Crippen molar-refractivity contribution < 1.29 is 27.9 Å². The summed E-state index contributed by atoms with van der Waals surface area (Å²) in [6.07, 6.45) is -3.06. The third-order valence-corrected chi connectivity index (χ3v) is 8.97. The lowest BCUT2D eigenvalue weighted by atomic mass is 10.0. The van der Waals surface area contributed by atoms with Crippen LogP contribution in [0.3, 0.4) is 0 Å². The predicted octanol–water partition coefficient (Wildman–Crippen LogP) is 6.66. The monoisotopic (exact) mass is 680 g/mol. The van der Waals surface area contributed by atoms with E-state index >= 15 is 0 Å². The normalized spacial score (nSPS) is 13.8. The second-order valence-electron chi connectivity index (χ2n) is 11.8. The number of nitrogens with one attached hydrogen (secondary N) is 1. The first-order chi connectivity index (χ1) is 23.1. The SMILES string of the molecule is CN1CCN(CCCN(Cc2cccc(-c3ccc(CNCCc4ccccc4)cc3)c2)C(=O)c2cccs2)CC1.O=C(O)C(F)(F)F. The summed E-state index contributed by atoms with van der Waals surface area (Å²) in [5, 5.41) is 12.7. The molecule has 0 unspecified atom stereocenters. The molecule has 4 aromatic rings. The van der Waals surface area contributed by atoms with Gasteiger partial charge < -0.3 is 25.1 Å². The van der Waals surface area contributed by atoms with Crippen molar-refractivity contribution in [3.05, 3.63) is 118 Å². The number of likely N-dealkylation sites (N-methyl/N-ethyl adjacent to an activating group) is 1. The number of alkyl halides is 3. The minimum Gasteiger partial charge on any atom is -0.475 e. The van der Waals surface area contributed by atoms with Crippen molar-refractivity contribution in [2.24, 2.45) is 0 Å². The van der Waals surface area contributed by atoms with Crippen molar-refractivity contribution in [1.82, 2.24) is 20.0 Å². The Balaban J connectivity index is 0.000000671. The maximum absolute atomic E-state index is 13.4. The number of hydrogen-bond donors (Lipinski definition) is 2. The molecular formula is C37H43F3N4O3S. The first-order valence-corrected chi connectivity index (χ1v) is 16.9. The van der Waals surface area contributed by atoms with Crippen LogP contribution in [0.5, 0.6) is 0 Å². The maximum Gasteiger partial charge on any atom is 0.490 e. The topological polar surface area (TPSA) is 76.1 Å². The van der Waals surface area contributed by atoms with Gasteiger partial charge in [-0.2, -0.15) is 13.2 Å². The summed E-state index contributed by atoms with van der Waals surface area (Å²) in [6, 6.07) is 32.0. The van der Waals surface area contributed by atoms with Crippen molar-refractivity contribution >= 4 is 23.2 Å². The van der Waals surface area contributed by atoms with Gasteiger partial charge in [0.05, 0.1) is 4.88 Å². The van der Waals surface area contributed by atoms with Crippen LogP contribution in [0.15, 0.2) is 96.4 Å². The highest BCUT2D eigenvalue weighted by atomic mass is 32.1. The Hall–Kier alpha value is -4.03. The fourth-order valence-electron chi connectivity index (χ4n) is 5.36. The Morgan fingerprint density at radius 3 is 2.19 bits per heavy atom. The average molecular weight is 681 g/mol. The highest BCUT2D eigenvalue weighted by molar-refractivity contribution is 7.12. The summed E-state index contributed by atoms with van der Waals surface area (Å²) in [6.45, 7) is 8.71. The number of benzene rings is 3. The maximum atomic E-state index is 13.4. The molecule has 0 atom stereocenters. The molecule has 0 spiro atoms. The van der Waals surface area contributed by atoms with Gasteiger partial charge in [0.15, 0.2) is 0 Å². The summed E-state index contributed by atoms with van der Waals surface area (Å²) >= 11 is 1.53. The van der Waals surface area contributed by atoms with E-state index in [0.717, 1.165) is 70.1 Å². The largest absolute Gasteiger partial charge is 0.490 e. The Morgan fingerprint density at radius 2 is 1.54 bits per heavy atom. The number of nitrogens with zero attached hydrogens (tertiary/aromatic N) is 3. The van der Waals surface area contributed by atoms with E-state index in [2.05, 4.69) is 101 Å². The summed E-state index contributed by atoms with van der Waals surface area (Å²) < 4.78 is 31.7. The Labute approximate surface area is 284 Å². The molecule has 0 radical (unpaired) electrons. The number of amides is 1. The molecular weight excluding hydrogens is 637 g/mol. The first kappa shape index (κ1) is 36.8. The molecule has 5 rings (SSSR count). The van der Waals surface area contributed by atoms with Crippen LogP contribution in [-0.2, 0) is 24.3 Å². The summed E-state index contributed by atoms with van der Waals surface area (Å²) in [7, 11) is 2.19. The van der Waals surface area contributed by atoms with Crippen LogP contribution in [0, 0.1) is 0 Å². The second kappa shape index (κ2) is 18.5. The van der Waals surface area contributed by atoms with Gasteiger partial charge in [0.25, 0.3) is 5.91 Å². The first-order valence-electron chi connectivity index (χ1n) is 16.0. The van der Waals surface area contributed by atoms with Crippen LogP contribution >= 0.6 is 11.3 Å². The van der Waals surface area contributed by atoms with Crippen LogP contribution < -0.4 is 5.32 Å². The lowest BCUT2D eigenvalue weighted by Gasteiger charge is -2.33. The molecule has 2 N–H and O–H groups in total. The summed E-state index contributed by atoms with van der Waals surface area (Å²) in [4.78, 5) is 30.1. The number of rotatable bonds is 13. The standard InChI is InChI=1S/C35H42N4OS.C2HF3O2/c1-37-21-23-38(24-22-37)19-7-20-39(35(40)34-12-6-25-41-34)28-31-10-5-11-33(26-31)32-15-13-30(14-16-32)27-36-18-17-29-8-3-2-4-9-29;3-2(4,5)1(6)7/h2-6,8-16,25-26,36H,7,17-24,27-28H2,1H3;(H,6,7). The van der Waals surface area contributed by atoms with E-state index < -0.39 is 12.1 Å². The van der Waals surface area contributed by atoms with E-state index in [1.165, 1.54) is 39.2 Å². The van der Waals surface area contributed by atoms with Gasteiger partial charge in [-0.1, -0.05) is 78.9 Å². The number of carbonyl (C=O) groups excluding carboxylic acids is 1. The van der Waals surface area contributed by atoms with E-state index in [4.69, 9.17) is 9.90 Å². The fraction of sp³-hybridized carbons (Fsp3) is 0.351. The van der Waals surface area contributed by atoms with Crippen molar-refractivity contribution in [2.75, 3.05) is 52.9 Å². The molecule has 1 amide bonds. The van der Waals surface area contributed by atoms with E-state index in [1.54, 1.807) is 0 Å². The van der Waals surface area contributed by atoms with Gasteiger partial charge in [0.1, 0.15) is 0 Å². The molecule has 1 aromatic heterocycles. The zero-order valence-corrected chi connectivity index (χ0v) is 28.0. The van der Waals surface area contributed by atoms with Crippen molar-refractivity contribution in [1.29, 1.82) is 0 Å². The number of carboxylic acid groups (broad SMARTS) is 1. The van der Waals surface area contributed by atoms with Gasteiger partial charge in [-0.3, -0.25) is 4.79 Å². The van der Waals surface area contributed by atoms with E-state index in [9.17, 15) is 18.0 Å². The fourth-order valence-corrected chi connectivity index (χ4v) is 6.05. The van der Waals surface area contributed by atoms with Crippen LogP contribution in [0.2, 0.25) is 0 Å². The lowest BCUT2D eigenvalue weighted by Crippen LogP contribution is -2.45. The van der Waals surface area contributed by atoms with Gasteiger partial charge >= 0.3 is 12.1 Å². The van der Waals surface area contributed by atoms with Crippen LogP contribution in [-0.4, -0.2) is 90.7 Å². The van der Waals surface area contributed by atoms with Gasteiger partial charge in [-0.05, 0) is 78.3 Å². The molecule has 256 valence electrons. The highest BCUT2D eigenvalue weighted by Gasteiger charge is 2.38. The minimum absolute atomic E-state index is 0.132. The molecule has 1 saturated heterocycles. The molecule has 1 aliphatic rings. The molecule has 7 nitrogen and oxygen atoms in total. The minimum atomic E-state index is -5.08. The summed E-state index contributed by atoms with van der Waals surface area (Å²) in [5.74, 6) is -2.62. The molecule has 0 bridgehead atoms. The number of thiophene rings is 1. The van der Waals surface area contributed by atoms with E-state index in [1.807, 2.05) is 22.4 Å². The third-order valence-electron chi connectivity index (χ3n) is 8.11. The van der Waals surface area contributed by atoms with Crippen molar-refractivity contribution in [3.63, 3.8) is 0 Å². The lowest BCUT2D eigenvalue weighted by molar-refractivity contribution is -0.192. The van der Waals surface area contributed by atoms with E-state index in [0.29, 0.717) is 6.54 Å². The van der Waals surface area contributed by atoms with Crippen molar-refractivity contribution in [3.8, 4) is 11.1 Å². The van der Waals surface area contributed by atoms with Crippen molar-refractivity contribution in [2.45, 2.75) is 32.1 Å². The number of carbonyl (C=O) groups is 2. The van der Waals surface area contributed by atoms with E-state index in [-0.39, 0.29) is 5.91 Å².